The molecule has 2 aromatic rings. The average molecular weight is 408 g/mol. The highest BCUT2D eigenvalue weighted by molar-refractivity contribution is 6.07. The van der Waals surface area contributed by atoms with Gasteiger partial charge in [0.05, 0.1) is 42.8 Å². The molecule has 0 bridgehead atoms. The third-order valence-electron chi connectivity index (χ3n) is 4.47. The maximum Gasteiger partial charge on any atom is 0.416 e. The van der Waals surface area contributed by atoms with Gasteiger partial charge in [-0.3, -0.25) is 4.79 Å². The molecule has 0 unspecified atom stereocenters. The Kier molecular flexibility index (Phi) is 6.07. The Morgan fingerprint density at radius 2 is 1.76 bits per heavy atom. The van der Waals surface area contributed by atoms with Crippen molar-refractivity contribution in [1.82, 2.24) is 0 Å². The summed E-state index contributed by atoms with van der Waals surface area (Å²) >= 11 is 0. The molecule has 1 fully saturated rings. The number of hydrogen-bond acceptors (Lipinski definition) is 5. The van der Waals surface area contributed by atoms with E-state index in [9.17, 15) is 22.8 Å². The highest BCUT2D eigenvalue weighted by Crippen LogP contribution is 2.36. The Balaban J connectivity index is 1.93. The molecular weight excluding hydrogens is 389 g/mol. The van der Waals surface area contributed by atoms with E-state index >= 15 is 0 Å². The summed E-state index contributed by atoms with van der Waals surface area (Å²) in [5.41, 5.74) is -0.0714. The van der Waals surface area contributed by atoms with Crippen LogP contribution < -0.4 is 10.2 Å². The van der Waals surface area contributed by atoms with Crippen molar-refractivity contribution in [3.63, 3.8) is 0 Å². The van der Waals surface area contributed by atoms with Crippen LogP contribution in [-0.4, -0.2) is 45.3 Å². The van der Waals surface area contributed by atoms with Crippen molar-refractivity contribution < 1.29 is 32.2 Å². The predicted molar refractivity (Wildman–Crippen MR) is 100 cm³/mol. The number of hydrogen-bond donors (Lipinski definition) is 1. The van der Waals surface area contributed by atoms with Gasteiger partial charge >= 0.3 is 12.1 Å². The van der Waals surface area contributed by atoms with Crippen molar-refractivity contribution in [2.45, 2.75) is 6.18 Å². The molecule has 154 valence electrons. The molecule has 2 aromatic carbocycles. The van der Waals surface area contributed by atoms with Gasteiger partial charge in [0.25, 0.3) is 5.91 Å². The van der Waals surface area contributed by atoms with E-state index in [4.69, 9.17) is 4.74 Å². The van der Waals surface area contributed by atoms with E-state index in [1.54, 1.807) is 0 Å². The lowest BCUT2D eigenvalue weighted by Crippen LogP contribution is -2.36. The number of nitrogens with zero attached hydrogens (tertiary/aromatic N) is 1. The van der Waals surface area contributed by atoms with Crippen LogP contribution in [0.15, 0.2) is 42.5 Å². The van der Waals surface area contributed by atoms with Gasteiger partial charge in [0.1, 0.15) is 0 Å². The molecular formula is C20H19F3N2O4. The largest absolute Gasteiger partial charge is 0.465 e. The van der Waals surface area contributed by atoms with Crippen LogP contribution in [0.5, 0.6) is 0 Å². The second-order valence-electron chi connectivity index (χ2n) is 6.36. The van der Waals surface area contributed by atoms with Gasteiger partial charge in [-0.1, -0.05) is 6.07 Å². The third kappa shape index (κ3) is 4.86. The maximum atomic E-state index is 13.2. The summed E-state index contributed by atoms with van der Waals surface area (Å²) in [6, 6.07) is 9.00. The molecule has 0 spiro atoms. The zero-order valence-electron chi connectivity index (χ0n) is 15.6. The SMILES string of the molecule is COC(=O)c1cccc(C(=O)Nc2cc(C(F)(F)F)ccc2N2CCOCC2)c1. The summed E-state index contributed by atoms with van der Waals surface area (Å²) in [5.74, 6) is -1.25. The number of rotatable bonds is 4. The lowest BCUT2D eigenvalue weighted by Gasteiger charge is -2.31. The van der Waals surface area contributed by atoms with Crippen molar-refractivity contribution in [3.8, 4) is 0 Å². The van der Waals surface area contributed by atoms with Crippen molar-refractivity contribution in [1.29, 1.82) is 0 Å². The second-order valence-corrected chi connectivity index (χ2v) is 6.36. The number of morpholine rings is 1. The Labute approximate surface area is 165 Å². The van der Waals surface area contributed by atoms with E-state index < -0.39 is 23.6 Å². The molecule has 1 aliphatic heterocycles. The van der Waals surface area contributed by atoms with E-state index in [-0.39, 0.29) is 16.8 Å². The molecule has 0 saturated carbocycles. The van der Waals surface area contributed by atoms with Crippen molar-refractivity contribution in [2.75, 3.05) is 43.6 Å². The number of ether oxygens (including phenoxy) is 2. The normalized spacial score (nSPS) is 14.4. The molecule has 1 N–H and O–H groups in total. The monoisotopic (exact) mass is 408 g/mol. The number of benzene rings is 2. The first-order valence-electron chi connectivity index (χ1n) is 8.83. The molecule has 29 heavy (non-hydrogen) atoms. The summed E-state index contributed by atoms with van der Waals surface area (Å²) in [6.07, 6.45) is -4.55. The summed E-state index contributed by atoms with van der Waals surface area (Å²) in [7, 11) is 1.21. The molecule has 1 heterocycles. The quantitative estimate of drug-likeness (QED) is 0.784. The minimum atomic E-state index is -4.55. The first-order chi connectivity index (χ1) is 13.8. The average Bonchev–Trinajstić information content (AvgIpc) is 2.73. The van der Waals surface area contributed by atoms with Gasteiger partial charge in [0, 0.05) is 18.7 Å². The van der Waals surface area contributed by atoms with Crippen LogP contribution in [0, 0.1) is 0 Å². The van der Waals surface area contributed by atoms with Gasteiger partial charge in [-0.25, -0.2) is 4.79 Å². The van der Waals surface area contributed by atoms with Crippen molar-refractivity contribution in [3.05, 3.63) is 59.2 Å². The topological polar surface area (TPSA) is 67.9 Å². The van der Waals surface area contributed by atoms with Crippen LogP contribution in [0.4, 0.5) is 24.5 Å². The molecule has 0 atom stereocenters. The number of alkyl halides is 3. The van der Waals surface area contributed by atoms with E-state index in [1.807, 2.05) is 4.90 Å². The highest BCUT2D eigenvalue weighted by Gasteiger charge is 2.32. The maximum absolute atomic E-state index is 13.2. The number of carbonyl (C=O) groups excluding carboxylic acids is 2. The molecule has 1 saturated heterocycles. The summed E-state index contributed by atoms with van der Waals surface area (Å²) < 4.78 is 49.5. The number of carbonyl (C=O) groups is 2. The Morgan fingerprint density at radius 1 is 1.07 bits per heavy atom. The standard InChI is InChI=1S/C20H19F3N2O4/c1-28-19(27)14-4-2-3-13(11-14)18(26)24-16-12-15(20(21,22)23)5-6-17(16)25-7-9-29-10-8-25/h2-6,11-12H,7-10H2,1H3,(H,24,26). The van der Waals surface area contributed by atoms with E-state index in [0.29, 0.717) is 32.0 Å². The summed E-state index contributed by atoms with van der Waals surface area (Å²) in [4.78, 5) is 26.2. The predicted octanol–water partition coefficient (Wildman–Crippen LogP) is 3.58. The number of anilines is 2. The van der Waals surface area contributed by atoms with Gasteiger partial charge in [-0.05, 0) is 36.4 Å². The molecule has 0 aromatic heterocycles. The highest BCUT2D eigenvalue weighted by atomic mass is 19.4. The van der Waals surface area contributed by atoms with Crippen molar-refractivity contribution >= 4 is 23.3 Å². The minimum Gasteiger partial charge on any atom is -0.465 e. The Morgan fingerprint density at radius 3 is 2.41 bits per heavy atom. The molecule has 6 nitrogen and oxygen atoms in total. The van der Waals surface area contributed by atoms with Crippen molar-refractivity contribution in [2.24, 2.45) is 0 Å². The van der Waals surface area contributed by atoms with Gasteiger partial charge in [0.15, 0.2) is 0 Å². The molecule has 1 amide bonds. The van der Waals surface area contributed by atoms with E-state index in [0.717, 1.165) is 12.1 Å². The van der Waals surface area contributed by atoms with Crippen LogP contribution in [0.2, 0.25) is 0 Å². The van der Waals surface area contributed by atoms with Gasteiger partial charge in [-0.15, -0.1) is 0 Å². The molecule has 0 aliphatic carbocycles. The van der Waals surface area contributed by atoms with Crippen LogP contribution in [-0.2, 0) is 15.7 Å². The van der Waals surface area contributed by atoms with E-state index in [2.05, 4.69) is 10.1 Å². The van der Waals surface area contributed by atoms with Crippen LogP contribution in [0.3, 0.4) is 0 Å². The van der Waals surface area contributed by atoms with Gasteiger partial charge in [-0.2, -0.15) is 13.2 Å². The first kappa shape index (κ1) is 20.7. The number of nitrogens with one attached hydrogen (secondary N) is 1. The first-order valence-corrected chi connectivity index (χ1v) is 8.83. The zero-order valence-corrected chi connectivity index (χ0v) is 15.6. The fourth-order valence-electron chi connectivity index (χ4n) is 2.99. The van der Waals surface area contributed by atoms with Gasteiger partial charge in [0.2, 0.25) is 0 Å². The van der Waals surface area contributed by atoms with Crippen LogP contribution >= 0.6 is 0 Å². The Hall–Kier alpha value is -3.07. The number of methoxy groups -OCH3 is 1. The summed E-state index contributed by atoms with van der Waals surface area (Å²) in [6.45, 7) is 1.86. The Bertz CT molecular complexity index is 909. The van der Waals surface area contributed by atoms with Gasteiger partial charge < -0.3 is 19.7 Å². The van der Waals surface area contributed by atoms with E-state index in [1.165, 1.54) is 37.4 Å². The fourth-order valence-corrected chi connectivity index (χ4v) is 2.99. The fraction of sp³-hybridized carbons (Fsp3) is 0.300. The molecule has 0 radical (unpaired) electrons. The number of esters is 1. The molecule has 9 heteroatoms. The smallest absolute Gasteiger partial charge is 0.416 e. The lowest BCUT2D eigenvalue weighted by atomic mass is 10.1. The number of amides is 1. The van der Waals surface area contributed by atoms with Crippen LogP contribution in [0.25, 0.3) is 0 Å². The lowest BCUT2D eigenvalue weighted by molar-refractivity contribution is -0.137. The number of halogens is 3. The minimum absolute atomic E-state index is 0.0372. The second kappa shape index (κ2) is 8.52. The summed E-state index contributed by atoms with van der Waals surface area (Å²) in [5, 5.41) is 2.55. The molecule has 1 aliphatic rings. The zero-order chi connectivity index (χ0) is 21.0. The molecule has 3 rings (SSSR count). The van der Waals surface area contributed by atoms with Crippen LogP contribution in [0.1, 0.15) is 26.3 Å². The third-order valence-corrected chi connectivity index (χ3v) is 4.47.